The van der Waals surface area contributed by atoms with Crippen LogP contribution in [-0.4, -0.2) is 23.9 Å². The number of hydrogen-bond acceptors (Lipinski definition) is 8. The van der Waals surface area contributed by atoms with Crippen LogP contribution in [0.1, 0.15) is 27.1 Å². The van der Waals surface area contributed by atoms with Gasteiger partial charge in [-0.05, 0) is 70.1 Å². The summed E-state index contributed by atoms with van der Waals surface area (Å²) < 4.78 is 101. The van der Waals surface area contributed by atoms with E-state index >= 15 is 0 Å². The molecule has 6 aromatic carbocycles. The molecule has 0 radical (unpaired) electrons. The van der Waals surface area contributed by atoms with Crippen LogP contribution in [0.4, 0.5) is 26.3 Å². The van der Waals surface area contributed by atoms with Gasteiger partial charge in [0.25, 0.3) is 0 Å². The third-order valence-electron chi connectivity index (χ3n) is 7.18. The van der Waals surface area contributed by atoms with Crippen molar-refractivity contribution in [3.63, 3.8) is 0 Å². The van der Waals surface area contributed by atoms with E-state index in [1.807, 2.05) is 0 Å². The van der Waals surface area contributed by atoms with Gasteiger partial charge < -0.3 is 18.9 Å². The molecule has 0 heterocycles. The van der Waals surface area contributed by atoms with Gasteiger partial charge >= 0.3 is 23.9 Å². The normalized spacial score (nSPS) is 10.9. The molecule has 0 unspecified atom stereocenters. The summed E-state index contributed by atoms with van der Waals surface area (Å²) in [6.07, 6.45) is -0.763. The van der Waals surface area contributed by atoms with Crippen molar-refractivity contribution in [1.29, 1.82) is 0 Å². The van der Waals surface area contributed by atoms with Gasteiger partial charge in [-0.15, -0.1) is 0 Å². The van der Waals surface area contributed by atoms with Gasteiger partial charge in [0.1, 0.15) is 29.4 Å². The van der Waals surface area contributed by atoms with Crippen molar-refractivity contribution >= 4 is 45.4 Å². The van der Waals surface area contributed by atoms with Crippen LogP contribution in [0, 0.1) is 34.9 Å². The minimum Gasteiger partial charge on any atom is -0.426 e. The van der Waals surface area contributed by atoms with E-state index in [-0.39, 0.29) is 22.6 Å². The Hall–Kier alpha value is -6.70. The second-order valence-electron chi connectivity index (χ2n) is 10.8. The van der Waals surface area contributed by atoms with Crippen LogP contribution in [0.3, 0.4) is 0 Å². The van der Waals surface area contributed by atoms with E-state index in [4.69, 9.17) is 18.9 Å². The van der Waals surface area contributed by atoms with Crippen molar-refractivity contribution in [2.75, 3.05) is 0 Å². The van der Waals surface area contributed by atoms with E-state index in [0.717, 1.165) is 0 Å². The number of ether oxygens (including phenoxy) is 4. The van der Waals surface area contributed by atoms with Crippen molar-refractivity contribution in [3.05, 3.63) is 143 Å². The molecule has 0 aromatic heterocycles. The molecule has 0 N–H and O–H groups in total. The van der Waals surface area contributed by atoms with E-state index in [1.54, 1.807) is 0 Å². The SMILES string of the molecule is O=C(CC(=O)Oc1ccc2cc(C(=O)Oc3cc(F)c(F)c(F)c3)ccc2c1)Oc1ccc2cc(C(=O)Oc3cc(F)c(F)c(F)c3)ccc2c1. The fourth-order valence-electron chi connectivity index (χ4n) is 4.80. The summed E-state index contributed by atoms with van der Waals surface area (Å²) in [7, 11) is 0. The summed E-state index contributed by atoms with van der Waals surface area (Å²) in [6, 6.07) is 19.3. The molecule has 0 aliphatic rings. The Kier molecular flexibility index (Phi) is 9.40. The maximum Gasteiger partial charge on any atom is 0.343 e. The molecule has 0 atom stereocenters. The molecule has 8 nitrogen and oxygen atoms in total. The maximum absolute atomic E-state index is 13.5. The number of fused-ring (bicyclic) bond motifs is 2. The van der Waals surface area contributed by atoms with E-state index < -0.39 is 76.7 Å². The lowest BCUT2D eigenvalue weighted by Crippen LogP contribution is -2.18. The Balaban J connectivity index is 1.04. The zero-order chi connectivity index (χ0) is 36.4. The van der Waals surface area contributed by atoms with Gasteiger partial charge in [-0.1, -0.05) is 24.3 Å². The van der Waals surface area contributed by atoms with Gasteiger partial charge in [0, 0.05) is 24.3 Å². The lowest BCUT2D eigenvalue weighted by atomic mass is 10.1. The largest absolute Gasteiger partial charge is 0.426 e. The van der Waals surface area contributed by atoms with Crippen LogP contribution in [0.15, 0.2) is 97.1 Å². The van der Waals surface area contributed by atoms with Crippen molar-refractivity contribution in [2.24, 2.45) is 0 Å². The number of halogens is 6. The molecule has 0 bridgehead atoms. The Morgan fingerprint density at radius 3 is 1.10 bits per heavy atom. The molecule has 0 spiro atoms. The average Bonchev–Trinajstić information content (AvgIpc) is 3.08. The fraction of sp³-hybridized carbons (Fsp3) is 0.0270. The third-order valence-corrected chi connectivity index (χ3v) is 7.18. The molecular formula is C37H18F6O8. The van der Waals surface area contributed by atoms with Crippen LogP contribution in [0.2, 0.25) is 0 Å². The molecule has 6 aromatic rings. The summed E-state index contributed by atoms with van der Waals surface area (Å²) in [4.78, 5) is 49.9. The van der Waals surface area contributed by atoms with Gasteiger partial charge in [-0.3, -0.25) is 9.59 Å². The number of hydrogen-bond donors (Lipinski definition) is 0. The second-order valence-corrected chi connectivity index (χ2v) is 10.8. The number of esters is 4. The Morgan fingerprint density at radius 2 is 0.725 bits per heavy atom. The zero-order valence-electron chi connectivity index (χ0n) is 25.5. The van der Waals surface area contributed by atoms with Crippen LogP contribution in [0.5, 0.6) is 23.0 Å². The molecule has 14 heteroatoms. The molecule has 256 valence electrons. The van der Waals surface area contributed by atoms with E-state index in [1.165, 1.54) is 72.8 Å². The number of carbonyl (C=O) groups excluding carboxylic acids is 4. The van der Waals surface area contributed by atoms with Crippen molar-refractivity contribution in [1.82, 2.24) is 0 Å². The van der Waals surface area contributed by atoms with Crippen LogP contribution in [-0.2, 0) is 9.59 Å². The Labute approximate surface area is 282 Å². The zero-order valence-corrected chi connectivity index (χ0v) is 25.5. The lowest BCUT2D eigenvalue weighted by molar-refractivity contribution is -0.144. The van der Waals surface area contributed by atoms with Gasteiger partial charge in [-0.25, -0.2) is 35.9 Å². The Morgan fingerprint density at radius 1 is 0.392 bits per heavy atom. The topological polar surface area (TPSA) is 105 Å². The van der Waals surface area contributed by atoms with Gasteiger partial charge in [-0.2, -0.15) is 0 Å². The highest BCUT2D eigenvalue weighted by atomic mass is 19.2. The number of carbonyl (C=O) groups is 4. The van der Waals surface area contributed by atoms with Gasteiger partial charge in [0.15, 0.2) is 34.9 Å². The molecule has 0 saturated heterocycles. The monoisotopic (exact) mass is 704 g/mol. The van der Waals surface area contributed by atoms with Gasteiger partial charge in [0.05, 0.1) is 11.1 Å². The highest BCUT2D eigenvalue weighted by Gasteiger charge is 2.19. The first-order valence-electron chi connectivity index (χ1n) is 14.6. The van der Waals surface area contributed by atoms with E-state index in [2.05, 4.69) is 0 Å². The van der Waals surface area contributed by atoms with Crippen LogP contribution < -0.4 is 18.9 Å². The fourth-order valence-corrected chi connectivity index (χ4v) is 4.80. The molecule has 0 fully saturated rings. The lowest BCUT2D eigenvalue weighted by Gasteiger charge is -2.09. The van der Waals surface area contributed by atoms with Crippen molar-refractivity contribution in [2.45, 2.75) is 6.42 Å². The summed E-state index contributed by atoms with van der Waals surface area (Å²) in [5.41, 5.74) is 0.0171. The minimum absolute atomic E-state index is 0.00857. The average molecular weight is 705 g/mol. The van der Waals surface area contributed by atoms with E-state index in [0.29, 0.717) is 45.8 Å². The highest BCUT2D eigenvalue weighted by molar-refractivity contribution is 5.98. The molecule has 6 rings (SSSR count). The van der Waals surface area contributed by atoms with Gasteiger partial charge in [0.2, 0.25) is 0 Å². The van der Waals surface area contributed by atoms with E-state index in [9.17, 15) is 45.5 Å². The van der Waals surface area contributed by atoms with Crippen LogP contribution in [0.25, 0.3) is 21.5 Å². The summed E-state index contributed by atoms with van der Waals surface area (Å²) >= 11 is 0. The van der Waals surface area contributed by atoms with Crippen molar-refractivity contribution in [3.8, 4) is 23.0 Å². The van der Waals surface area contributed by atoms with Crippen LogP contribution >= 0.6 is 0 Å². The molecular weight excluding hydrogens is 686 g/mol. The molecule has 51 heavy (non-hydrogen) atoms. The first-order chi connectivity index (χ1) is 24.3. The quantitative estimate of drug-likeness (QED) is 0.0514. The Bertz CT molecular complexity index is 2200. The molecule has 0 amide bonds. The second kappa shape index (κ2) is 14.0. The summed E-state index contributed by atoms with van der Waals surface area (Å²) in [5.74, 6) is -14.2. The third kappa shape index (κ3) is 7.80. The molecule has 0 aliphatic heterocycles. The standard InChI is InChI=1S/C37H18F6O8/c38-28-13-26(14-29(39)34(28)42)50-36(46)22-3-1-20-11-24(7-5-18(20)9-22)48-32(44)17-33(45)49-25-8-6-19-10-23(4-2-21(19)12-25)37(47)51-27-15-30(40)35(43)31(41)16-27/h1-16H,17H2. The highest BCUT2D eigenvalue weighted by Crippen LogP contribution is 2.27. The number of rotatable bonds is 8. The molecule has 0 saturated carbocycles. The predicted molar refractivity (Wildman–Crippen MR) is 166 cm³/mol. The summed E-state index contributed by atoms with van der Waals surface area (Å²) in [6.45, 7) is 0. The smallest absolute Gasteiger partial charge is 0.343 e. The first-order valence-corrected chi connectivity index (χ1v) is 14.6. The predicted octanol–water partition coefficient (Wildman–Crippen LogP) is 8.17. The first kappa shape index (κ1) is 34.2. The minimum atomic E-state index is -1.70. The molecule has 0 aliphatic carbocycles. The van der Waals surface area contributed by atoms with Crippen molar-refractivity contribution < 1.29 is 64.5 Å². The number of benzene rings is 6. The maximum atomic E-state index is 13.5. The summed E-state index contributed by atoms with van der Waals surface area (Å²) in [5, 5.41) is 2.03.